The number of rotatable bonds is 12. The third-order valence-corrected chi connectivity index (χ3v) is 7.74. The van der Waals surface area contributed by atoms with Gasteiger partial charge in [-0.05, 0) is 61.9 Å². The van der Waals surface area contributed by atoms with E-state index >= 15 is 0 Å². The molecule has 0 spiro atoms. The highest BCUT2D eigenvalue weighted by molar-refractivity contribution is 5.92. The Morgan fingerprint density at radius 1 is 1.12 bits per heavy atom. The van der Waals surface area contributed by atoms with Crippen molar-refractivity contribution in [1.82, 2.24) is 9.47 Å². The quantitative estimate of drug-likeness (QED) is 0.253. The van der Waals surface area contributed by atoms with Gasteiger partial charge in [0.1, 0.15) is 0 Å². The third kappa shape index (κ3) is 7.95. The number of aromatic nitrogens is 1. The van der Waals surface area contributed by atoms with Crippen LogP contribution in [0.4, 0.5) is 5.69 Å². The molecule has 1 fully saturated rings. The van der Waals surface area contributed by atoms with Crippen molar-refractivity contribution in [3.63, 3.8) is 0 Å². The number of hydrogen-bond acceptors (Lipinski definition) is 6. The number of aryl methyl sites for hydroxylation is 2. The number of nitrogens with two attached hydrogens (primary N) is 1. The van der Waals surface area contributed by atoms with Gasteiger partial charge < -0.3 is 30.0 Å². The fraction of sp³-hybridized carbons (Fsp3) is 0.469. The molecule has 3 aromatic rings. The largest absolute Gasteiger partial charge is 0.456 e. The van der Waals surface area contributed by atoms with E-state index in [0.29, 0.717) is 25.3 Å². The monoisotopic (exact) mass is 562 g/mol. The number of carbonyl (C=O) groups is 3. The Morgan fingerprint density at radius 2 is 1.88 bits per heavy atom. The third-order valence-electron chi connectivity index (χ3n) is 7.74. The van der Waals surface area contributed by atoms with Crippen molar-refractivity contribution in [2.45, 2.75) is 64.5 Å². The highest BCUT2D eigenvalue weighted by atomic mass is 16.5. The molecule has 2 atom stereocenters. The van der Waals surface area contributed by atoms with Gasteiger partial charge in [-0.1, -0.05) is 30.3 Å². The van der Waals surface area contributed by atoms with E-state index in [2.05, 4.69) is 41.1 Å². The second kappa shape index (κ2) is 14.3. The van der Waals surface area contributed by atoms with Crippen molar-refractivity contribution in [2.75, 3.05) is 38.7 Å². The number of anilines is 1. The molecule has 1 aromatic heterocycles. The number of benzene rings is 2. The average Bonchev–Trinajstić information content (AvgIpc) is 3.24. The molecule has 0 bridgehead atoms. The van der Waals surface area contributed by atoms with Crippen LogP contribution in [0, 0.1) is 6.92 Å². The summed E-state index contributed by atoms with van der Waals surface area (Å²) in [6.45, 7) is 6.20. The molecule has 0 aliphatic carbocycles. The normalized spacial score (nSPS) is 16.0. The van der Waals surface area contributed by atoms with Gasteiger partial charge in [0.25, 0.3) is 5.91 Å². The summed E-state index contributed by atoms with van der Waals surface area (Å²) in [7, 11) is 1.74. The molecule has 9 nitrogen and oxygen atoms in total. The maximum absolute atomic E-state index is 13.4. The van der Waals surface area contributed by atoms with Crippen molar-refractivity contribution < 1.29 is 23.9 Å². The lowest BCUT2D eigenvalue weighted by atomic mass is 9.91. The Labute approximate surface area is 242 Å². The number of esters is 1. The molecule has 4 rings (SSSR count). The zero-order valence-electron chi connectivity index (χ0n) is 24.4. The predicted molar refractivity (Wildman–Crippen MR) is 160 cm³/mol. The van der Waals surface area contributed by atoms with Gasteiger partial charge in [0.05, 0.1) is 0 Å². The van der Waals surface area contributed by atoms with Crippen molar-refractivity contribution >= 4 is 34.4 Å². The maximum Gasteiger partial charge on any atom is 0.303 e. The molecule has 1 saturated heterocycles. The number of likely N-dealkylation sites (tertiary alicyclic amines) is 1. The summed E-state index contributed by atoms with van der Waals surface area (Å²) in [5, 5.41) is 3.96. The van der Waals surface area contributed by atoms with E-state index in [0.717, 1.165) is 37.9 Å². The number of nitrogens with zero attached hydrogens (tertiary/aromatic N) is 2. The molecule has 1 aliphatic heterocycles. The van der Waals surface area contributed by atoms with E-state index in [9.17, 15) is 14.4 Å². The second-order valence-electron chi connectivity index (χ2n) is 10.9. The average molecular weight is 563 g/mol. The van der Waals surface area contributed by atoms with E-state index in [1.807, 2.05) is 17.0 Å². The molecule has 2 heterocycles. The minimum atomic E-state index is -0.504. The molecular weight excluding hydrogens is 520 g/mol. The van der Waals surface area contributed by atoms with Crippen molar-refractivity contribution in [3.8, 4) is 0 Å². The van der Waals surface area contributed by atoms with Crippen LogP contribution in [-0.2, 0) is 36.8 Å². The fourth-order valence-electron chi connectivity index (χ4n) is 5.87. The number of carbonyl (C=O) groups excluding carboxylic acids is 3. The van der Waals surface area contributed by atoms with Gasteiger partial charge in [0.15, 0.2) is 6.61 Å². The SMILES string of the molecule is COCCCn1c(C2CCCN(C(=O)CC(N)Cc3ccc(NC(=O)COC(C)=O)cc3)C2)c(C)c2ccccc21. The molecule has 0 saturated carbocycles. The summed E-state index contributed by atoms with van der Waals surface area (Å²) >= 11 is 0. The number of para-hydroxylation sites is 1. The lowest BCUT2D eigenvalue weighted by Crippen LogP contribution is -2.42. The smallest absolute Gasteiger partial charge is 0.303 e. The Morgan fingerprint density at radius 3 is 2.61 bits per heavy atom. The van der Waals surface area contributed by atoms with Crippen LogP contribution in [0.1, 0.15) is 55.3 Å². The van der Waals surface area contributed by atoms with E-state index in [1.165, 1.54) is 29.1 Å². The summed E-state index contributed by atoms with van der Waals surface area (Å²) in [6, 6.07) is 15.6. The Kier molecular flexibility index (Phi) is 10.5. The van der Waals surface area contributed by atoms with Gasteiger partial charge in [-0.15, -0.1) is 0 Å². The summed E-state index contributed by atoms with van der Waals surface area (Å²) in [5.41, 5.74) is 11.9. The Hall–Kier alpha value is -3.69. The van der Waals surface area contributed by atoms with Crippen LogP contribution >= 0.6 is 0 Å². The van der Waals surface area contributed by atoms with Gasteiger partial charge in [-0.25, -0.2) is 0 Å². The standard InChI is InChI=1S/C32H42N4O5/c1-22-28-9-4-5-10-29(28)36(16-7-17-40-3)32(22)25-8-6-15-35(20-25)31(39)19-26(33)18-24-11-13-27(14-12-24)34-30(38)21-41-23(2)37/h4-5,9-14,25-26H,6-8,15-21,33H2,1-3H3,(H,34,38). The van der Waals surface area contributed by atoms with Gasteiger partial charge in [-0.2, -0.15) is 0 Å². The Balaban J connectivity index is 1.36. The first-order valence-corrected chi connectivity index (χ1v) is 14.4. The molecule has 9 heteroatoms. The number of ether oxygens (including phenoxy) is 2. The van der Waals surface area contributed by atoms with Gasteiger partial charge in [0, 0.05) is 80.9 Å². The number of hydrogen-bond donors (Lipinski definition) is 2. The molecule has 3 N–H and O–H groups in total. The highest BCUT2D eigenvalue weighted by Crippen LogP contribution is 2.36. The molecular formula is C32H42N4O5. The summed E-state index contributed by atoms with van der Waals surface area (Å²) < 4.78 is 12.5. The number of fused-ring (bicyclic) bond motifs is 1. The van der Waals surface area contributed by atoms with Crippen LogP contribution < -0.4 is 11.1 Å². The summed E-state index contributed by atoms with van der Waals surface area (Å²) in [5.74, 6) is -0.533. The van der Waals surface area contributed by atoms with Crippen LogP contribution in [0.15, 0.2) is 48.5 Å². The number of piperidine rings is 1. The molecule has 2 unspecified atom stereocenters. The molecule has 2 aromatic carbocycles. The minimum Gasteiger partial charge on any atom is -0.456 e. The maximum atomic E-state index is 13.4. The van der Waals surface area contributed by atoms with Gasteiger partial charge in [-0.3, -0.25) is 14.4 Å². The molecule has 2 amide bonds. The first-order valence-electron chi connectivity index (χ1n) is 14.4. The lowest BCUT2D eigenvalue weighted by Gasteiger charge is -2.34. The second-order valence-corrected chi connectivity index (χ2v) is 10.9. The zero-order valence-corrected chi connectivity index (χ0v) is 24.4. The zero-order chi connectivity index (χ0) is 29.4. The number of nitrogens with one attached hydrogen (secondary N) is 1. The Bertz CT molecular complexity index is 1350. The van der Waals surface area contributed by atoms with Crippen LogP contribution in [0.25, 0.3) is 10.9 Å². The summed E-state index contributed by atoms with van der Waals surface area (Å²) in [4.78, 5) is 38.1. The summed E-state index contributed by atoms with van der Waals surface area (Å²) in [6.07, 6.45) is 3.80. The van der Waals surface area contributed by atoms with Crippen LogP contribution in [0.3, 0.4) is 0 Å². The van der Waals surface area contributed by atoms with E-state index in [4.69, 9.17) is 15.2 Å². The van der Waals surface area contributed by atoms with E-state index in [-0.39, 0.29) is 30.9 Å². The molecule has 41 heavy (non-hydrogen) atoms. The number of methoxy groups -OCH3 is 1. The first-order chi connectivity index (χ1) is 19.8. The first kappa shape index (κ1) is 30.3. The molecule has 1 aliphatic rings. The van der Waals surface area contributed by atoms with Crippen LogP contribution in [-0.4, -0.2) is 66.7 Å². The van der Waals surface area contributed by atoms with Gasteiger partial charge in [0.2, 0.25) is 5.91 Å². The number of amides is 2. The van der Waals surface area contributed by atoms with Gasteiger partial charge >= 0.3 is 5.97 Å². The molecule has 0 radical (unpaired) electrons. The predicted octanol–water partition coefficient (Wildman–Crippen LogP) is 4.15. The highest BCUT2D eigenvalue weighted by Gasteiger charge is 2.29. The van der Waals surface area contributed by atoms with Crippen molar-refractivity contribution in [2.24, 2.45) is 5.73 Å². The van der Waals surface area contributed by atoms with E-state index in [1.54, 1.807) is 19.2 Å². The lowest BCUT2D eigenvalue weighted by molar-refractivity contribution is -0.144. The van der Waals surface area contributed by atoms with Crippen LogP contribution in [0.5, 0.6) is 0 Å². The van der Waals surface area contributed by atoms with Crippen LogP contribution in [0.2, 0.25) is 0 Å². The fourth-order valence-corrected chi connectivity index (χ4v) is 5.87. The van der Waals surface area contributed by atoms with Crippen molar-refractivity contribution in [1.29, 1.82) is 0 Å². The topological polar surface area (TPSA) is 116 Å². The van der Waals surface area contributed by atoms with E-state index < -0.39 is 11.9 Å². The minimum absolute atomic E-state index is 0.0938. The molecule has 220 valence electrons. The van der Waals surface area contributed by atoms with Crippen molar-refractivity contribution in [3.05, 3.63) is 65.4 Å².